The second kappa shape index (κ2) is 11.5. The molecule has 10 heteroatoms. The van der Waals surface area contributed by atoms with Crippen LogP contribution in [-0.2, 0) is 17.8 Å². The minimum Gasteiger partial charge on any atom is -0.497 e. The van der Waals surface area contributed by atoms with E-state index in [2.05, 4.69) is 22.2 Å². The molecule has 5 rings (SSSR count). The number of nitrogens with zero attached hydrogens (tertiary/aromatic N) is 4. The highest BCUT2D eigenvalue weighted by Crippen LogP contribution is 2.36. The Hall–Kier alpha value is -4.44. The van der Waals surface area contributed by atoms with E-state index in [1.165, 1.54) is 6.08 Å². The Morgan fingerprint density at radius 1 is 1.21 bits per heavy atom. The molecule has 1 aromatic heterocycles. The Kier molecular flexibility index (Phi) is 7.74. The van der Waals surface area contributed by atoms with Crippen LogP contribution in [0.25, 0.3) is 0 Å². The number of anilines is 4. The van der Waals surface area contributed by atoms with Gasteiger partial charge < -0.3 is 20.1 Å². The SMILES string of the molecule is C=CC(=O)Cc1ccccc1Nc1ncc2c(n1)N(C1CCCNC1)C(=O)N(c1cc(OC)cc(OC)c1)C2. The van der Waals surface area contributed by atoms with Gasteiger partial charge in [-0.2, -0.15) is 4.98 Å². The summed E-state index contributed by atoms with van der Waals surface area (Å²) in [6.07, 6.45) is 5.10. The molecule has 0 saturated carbocycles. The first-order valence-electron chi connectivity index (χ1n) is 12.9. The summed E-state index contributed by atoms with van der Waals surface area (Å²) in [6, 6.07) is 12.7. The molecular weight excluding hydrogens is 496 g/mol. The molecule has 3 heterocycles. The van der Waals surface area contributed by atoms with Gasteiger partial charge in [0.1, 0.15) is 17.3 Å². The first-order chi connectivity index (χ1) is 19.0. The molecule has 0 radical (unpaired) electrons. The van der Waals surface area contributed by atoms with Crippen LogP contribution in [0.4, 0.5) is 27.9 Å². The first kappa shape index (κ1) is 26.2. The average molecular weight is 529 g/mol. The van der Waals surface area contributed by atoms with Gasteiger partial charge in [-0.1, -0.05) is 24.8 Å². The topological polar surface area (TPSA) is 109 Å². The van der Waals surface area contributed by atoms with Crippen molar-refractivity contribution < 1.29 is 19.1 Å². The van der Waals surface area contributed by atoms with Gasteiger partial charge in [0.2, 0.25) is 5.95 Å². The van der Waals surface area contributed by atoms with Crippen LogP contribution in [0.1, 0.15) is 24.0 Å². The van der Waals surface area contributed by atoms with Crippen LogP contribution in [-0.4, -0.2) is 55.1 Å². The van der Waals surface area contributed by atoms with Crippen molar-refractivity contribution >= 4 is 35.0 Å². The maximum atomic E-state index is 14.1. The van der Waals surface area contributed by atoms with E-state index >= 15 is 0 Å². The number of para-hydroxylation sites is 1. The summed E-state index contributed by atoms with van der Waals surface area (Å²) < 4.78 is 10.9. The lowest BCUT2D eigenvalue weighted by molar-refractivity contribution is -0.114. The van der Waals surface area contributed by atoms with Crippen LogP contribution >= 0.6 is 0 Å². The number of carbonyl (C=O) groups excluding carboxylic acids is 2. The Bertz CT molecular complexity index is 1370. The van der Waals surface area contributed by atoms with Crippen LogP contribution in [0, 0.1) is 0 Å². The lowest BCUT2D eigenvalue weighted by atomic mass is 10.0. The summed E-state index contributed by atoms with van der Waals surface area (Å²) in [4.78, 5) is 39.0. The average Bonchev–Trinajstić information content (AvgIpc) is 2.97. The van der Waals surface area contributed by atoms with E-state index in [-0.39, 0.29) is 24.3 Å². The number of carbonyl (C=O) groups is 2. The van der Waals surface area contributed by atoms with Gasteiger partial charge in [-0.05, 0) is 37.1 Å². The van der Waals surface area contributed by atoms with Gasteiger partial charge in [0.05, 0.1) is 32.5 Å². The highest BCUT2D eigenvalue weighted by atomic mass is 16.5. The number of rotatable bonds is 9. The molecule has 2 aromatic carbocycles. The molecule has 1 saturated heterocycles. The number of allylic oxidation sites excluding steroid dienone is 1. The number of nitrogens with one attached hydrogen (secondary N) is 2. The van der Waals surface area contributed by atoms with E-state index in [1.54, 1.807) is 36.3 Å². The van der Waals surface area contributed by atoms with E-state index < -0.39 is 0 Å². The molecule has 10 nitrogen and oxygen atoms in total. The molecule has 1 fully saturated rings. The van der Waals surface area contributed by atoms with Gasteiger partial charge in [0, 0.05) is 48.6 Å². The zero-order valence-electron chi connectivity index (χ0n) is 22.1. The summed E-state index contributed by atoms with van der Waals surface area (Å²) in [7, 11) is 3.17. The highest BCUT2D eigenvalue weighted by molar-refractivity contribution is 6.06. The predicted octanol–water partition coefficient (Wildman–Crippen LogP) is 4.23. The van der Waals surface area contributed by atoms with Crippen LogP contribution in [0.3, 0.4) is 0 Å². The standard InChI is InChI=1S/C29H32N6O4/c1-4-23(36)12-19-8-5-6-10-26(19)32-28-31-16-20-18-34(22-13-24(38-2)15-25(14-22)39-3)29(37)35(27(20)33-28)21-9-7-11-30-17-21/h4-6,8,10,13-16,21,30H,1,7,9,11-12,17-18H2,2-3H3,(H,31,32,33). The second-order valence-corrected chi connectivity index (χ2v) is 9.48. The highest BCUT2D eigenvalue weighted by Gasteiger charge is 2.38. The molecule has 1 unspecified atom stereocenters. The number of benzene rings is 2. The van der Waals surface area contributed by atoms with Gasteiger partial charge in [0.25, 0.3) is 0 Å². The van der Waals surface area contributed by atoms with Crippen molar-refractivity contribution in [1.82, 2.24) is 15.3 Å². The minimum absolute atomic E-state index is 0.0689. The van der Waals surface area contributed by atoms with Gasteiger partial charge >= 0.3 is 6.03 Å². The van der Waals surface area contributed by atoms with Crippen LogP contribution in [0.15, 0.2) is 61.3 Å². The summed E-state index contributed by atoms with van der Waals surface area (Å²) in [5, 5.41) is 6.66. The normalized spacial score (nSPS) is 16.9. The van der Waals surface area contributed by atoms with Crippen molar-refractivity contribution in [2.45, 2.75) is 31.8 Å². The number of piperidine rings is 1. The zero-order chi connectivity index (χ0) is 27.4. The van der Waals surface area contributed by atoms with Crippen LogP contribution < -0.4 is 29.9 Å². The predicted molar refractivity (Wildman–Crippen MR) is 150 cm³/mol. The Balaban J connectivity index is 1.52. The molecule has 202 valence electrons. The van der Waals surface area contributed by atoms with E-state index in [0.29, 0.717) is 42.0 Å². The molecule has 2 aliphatic rings. The summed E-state index contributed by atoms with van der Waals surface area (Å²) >= 11 is 0. The number of hydrogen-bond donors (Lipinski definition) is 2. The molecule has 1 atom stereocenters. The van der Waals surface area contributed by atoms with Crippen LogP contribution in [0.2, 0.25) is 0 Å². The summed E-state index contributed by atoms with van der Waals surface area (Å²) in [5.41, 5.74) is 3.03. The maximum absolute atomic E-state index is 14.1. The number of methoxy groups -OCH3 is 2. The van der Waals surface area contributed by atoms with Gasteiger partial charge in [-0.3, -0.25) is 14.6 Å². The largest absolute Gasteiger partial charge is 0.497 e. The molecule has 0 bridgehead atoms. The second-order valence-electron chi connectivity index (χ2n) is 9.48. The number of ether oxygens (including phenoxy) is 2. The molecule has 0 spiro atoms. The third-order valence-corrected chi connectivity index (χ3v) is 6.98. The first-order valence-corrected chi connectivity index (χ1v) is 12.9. The van der Waals surface area contributed by atoms with Crippen molar-refractivity contribution in [1.29, 1.82) is 0 Å². The van der Waals surface area contributed by atoms with E-state index in [0.717, 1.165) is 36.2 Å². The lowest BCUT2D eigenvalue weighted by Crippen LogP contribution is -2.56. The fourth-order valence-corrected chi connectivity index (χ4v) is 4.95. The van der Waals surface area contributed by atoms with Crippen molar-refractivity contribution in [3.8, 4) is 11.5 Å². The number of urea groups is 1. The number of ketones is 1. The number of amides is 2. The smallest absolute Gasteiger partial charge is 0.330 e. The lowest BCUT2D eigenvalue weighted by Gasteiger charge is -2.41. The van der Waals surface area contributed by atoms with Gasteiger partial charge in [-0.15, -0.1) is 0 Å². The molecule has 39 heavy (non-hydrogen) atoms. The fraction of sp³-hybridized carbons (Fsp3) is 0.310. The van der Waals surface area contributed by atoms with E-state index in [1.807, 2.05) is 36.4 Å². The maximum Gasteiger partial charge on any atom is 0.330 e. The quantitative estimate of drug-likeness (QED) is 0.397. The molecule has 2 amide bonds. The molecule has 0 aliphatic carbocycles. The van der Waals surface area contributed by atoms with E-state index in [4.69, 9.17) is 14.5 Å². The zero-order valence-corrected chi connectivity index (χ0v) is 22.1. The van der Waals surface area contributed by atoms with Crippen LogP contribution in [0.5, 0.6) is 11.5 Å². The Morgan fingerprint density at radius 2 is 1.97 bits per heavy atom. The number of fused-ring (bicyclic) bond motifs is 1. The molecule has 2 N–H and O–H groups in total. The van der Waals surface area contributed by atoms with E-state index in [9.17, 15) is 9.59 Å². The van der Waals surface area contributed by atoms with Crippen molar-refractivity contribution in [3.63, 3.8) is 0 Å². The fourth-order valence-electron chi connectivity index (χ4n) is 4.95. The van der Waals surface area contributed by atoms with Gasteiger partial charge in [0.15, 0.2) is 5.78 Å². The molecule has 3 aromatic rings. The summed E-state index contributed by atoms with van der Waals surface area (Å²) in [6.45, 7) is 5.45. The van der Waals surface area contributed by atoms with Crippen molar-refractivity contribution in [2.24, 2.45) is 0 Å². The third kappa shape index (κ3) is 5.56. The van der Waals surface area contributed by atoms with Gasteiger partial charge in [-0.25, -0.2) is 9.78 Å². The number of aromatic nitrogens is 2. The molecular formula is C29H32N6O4. The van der Waals surface area contributed by atoms with Crippen molar-refractivity contribution in [2.75, 3.05) is 42.4 Å². The van der Waals surface area contributed by atoms with Crippen molar-refractivity contribution in [3.05, 3.63) is 72.4 Å². The summed E-state index contributed by atoms with van der Waals surface area (Å²) in [5.74, 6) is 2.05. The number of hydrogen-bond acceptors (Lipinski definition) is 8. The third-order valence-electron chi connectivity index (χ3n) is 6.98. The molecule has 2 aliphatic heterocycles. The monoisotopic (exact) mass is 528 g/mol. The minimum atomic E-state index is -0.173. The Morgan fingerprint density at radius 3 is 2.67 bits per heavy atom. The Labute approximate surface area is 227 Å².